The summed E-state index contributed by atoms with van der Waals surface area (Å²) in [5, 5.41) is 20.6. The molecule has 124 valence electrons. The molecule has 0 aliphatic carbocycles. The van der Waals surface area contributed by atoms with Crippen molar-refractivity contribution in [2.24, 2.45) is 0 Å². The lowest BCUT2D eigenvalue weighted by Gasteiger charge is -2.25. The maximum atomic E-state index is 12.1. The van der Waals surface area contributed by atoms with Gasteiger partial charge in [0, 0.05) is 23.9 Å². The number of nitrogens with one attached hydrogen (secondary N) is 1. The Morgan fingerprint density at radius 1 is 1.13 bits per heavy atom. The molecule has 0 unspecified atom stereocenters. The molecule has 1 aromatic rings. The summed E-state index contributed by atoms with van der Waals surface area (Å²) in [4.78, 5) is 45.9. The van der Waals surface area contributed by atoms with E-state index in [-0.39, 0.29) is 10.6 Å². The van der Waals surface area contributed by atoms with Crippen LogP contribution >= 0.6 is 23.2 Å². The number of halogens is 2. The maximum absolute atomic E-state index is 12.1. The summed E-state index contributed by atoms with van der Waals surface area (Å²) in [6, 6.07) is 4.12. The number of amides is 1. The molecule has 7 nitrogen and oxygen atoms in total. The summed E-state index contributed by atoms with van der Waals surface area (Å²) in [6.07, 6.45) is -1.07. The predicted octanol–water partition coefficient (Wildman–Crippen LogP) is 2.00. The van der Waals surface area contributed by atoms with E-state index < -0.39 is 42.0 Å². The van der Waals surface area contributed by atoms with Gasteiger partial charge in [0.25, 0.3) is 0 Å². The van der Waals surface area contributed by atoms with Gasteiger partial charge in [-0.05, 0) is 24.6 Å². The number of carbonyl (C=O) groups is 4. The minimum atomic E-state index is -2.58. The number of benzene rings is 1. The standard InChI is InChI=1S/C14H13Cl2NO6/c1-7(18)17-14(12(20)21,13(22)23)5-4-11(19)9-3-2-8(15)6-10(9)16/h2-3,6H,4-5H2,1H3,(H,17,18)(H,20,21)(H,22,23). The minimum absolute atomic E-state index is 0.0678. The molecule has 0 saturated carbocycles. The van der Waals surface area contributed by atoms with Crippen molar-refractivity contribution in [3.8, 4) is 0 Å². The van der Waals surface area contributed by atoms with Gasteiger partial charge in [-0.25, -0.2) is 9.59 Å². The van der Waals surface area contributed by atoms with Crippen molar-refractivity contribution in [2.75, 3.05) is 0 Å². The number of Topliss-reactive ketones (excluding diaryl/α,β-unsaturated/α-hetero) is 1. The van der Waals surface area contributed by atoms with Crippen LogP contribution in [-0.2, 0) is 14.4 Å². The van der Waals surface area contributed by atoms with Crippen LogP contribution in [0.25, 0.3) is 0 Å². The van der Waals surface area contributed by atoms with Crippen LogP contribution in [0, 0.1) is 0 Å². The van der Waals surface area contributed by atoms with Crippen LogP contribution in [0.5, 0.6) is 0 Å². The molecule has 1 amide bonds. The fourth-order valence-electron chi connectivity index (χ4n) is 1.93. The van der Waals surface area contributed by atoms with E-state index in [9.17, 15) is 19.2 Å². The first kappa shape index (κ1) is 18.9. The third-order valence-corrected chi connectivity index (χ3v) is 3.63. The quantitative estimate of drug-likeness (QED) is 0.504. The van der Waals surface area contributed by atoms with Crippen molar-refractivity contribution < 1.29 is 29.4 Å². The van der Waals surface area contributed by atoms with Crippen molar-refractivity contribution in [1.29, 1.82) is 0 Å². The molecule has 0 aliphatic rings. The highest BCUT2D eigenvalue weighted by atomic mass is 35.5. The third-order valence-electron chi connectivity index (χ3n) is 3.08. The van der Waals surface area contributed by atoms with Gasteiger partial charge in [-0.3, -0.25) is 9.59 Å². The molecule has 0 saturated heterocycles. The second-order valence-corrected chi connectivity index (χ2v) is 5.59. The van der Waals surface area contributed by atoms with Gasteiger partial charge in [0.05, 0.1) is 5.02 Å². The number of ketones is 1. The molecule has 0 aromatic heterocycles. The van der Waals surface area contributed by atoms with Crippen LogP contribution in [0.3, 0.4) is 0 Å². The van der Waals surface area contributed by atoms with Crippen LogP contribution in [0.15, 0.2) is 18.2 Å². The fraction of sp³-hybridized carbons (Fsp3) is 0.286. The lowest BCUT2D eigenvalue weighted by Crippen LogP contribution is -2.59. The molecule has 0 heterocycles. The van der Waals surface area contributed by atoms with Crippen LogP contribution < -0.4 is 5.32 Å². The molecular weight excluding hydrogens is 349 g/mol. The van der Waals surface area contributed by atoms with Gasteiger partial charge >= 0.3 is 11.9 Å². The second kappa shape index (κ2) is 7.43. The van der Waals surface area contributed by atoms with Crippen LogP contribution in [0.2, 0.25) is 10.0 Å². The van der Waals surface area contributed by atoms with Gasteiger partial charge in [0.15, 0.2) is 5.78 Å². The van der Waals surface area contributed by atoms with Gasteiger partial charge < -0.3 is 15.5 Å². The molecule has 23 heavy (non-hydrogen) atoms. The molecule has 1 aromatic carbocycles. The summed E-state index contributed by atoms with van der Waals surface area (Å²) >= 11 is 11.6. The average molecular weight is 362 g/mol. The summed E-state index contributed by atoms with van der Waals surface area (Å²) in [6.45, 7) is 0.985. The highest BCUT2D eigenvalue weighted by molar-refractivity contribution is 6.36. The Hall–Kier alpha value is -2.12. The van der Waals surface area contributed by atoms with E-state index in [0.717, 1.165) is 6.92 Å². The maximum Gasteiger partial charge on any atom is 0.341 e. The predicted molar refractivity (Wildman–Crippen MR) is 81.8 cm³/mol. The summed E-state index contributed by atoms with van der Waals surface area (Å²) in [7, 11) is 0. The van der Waals surface area contributed by atoms with Crippen LogP contribution in [-0.4, -0.2) is 39.4 Å². The molecule has 0 bridgehead atoms. The van der Waals surface area contributed by atoms with Crippen LogP contribution in [0.1, 0.15) is 30.1 Å². The molecule has 3 N–H and O–H groups in total. The highest BCUT2D eigenvalue weighted by Crippen LogP contribution is 2.24. The molecule has 0 radical (unpaired) electrons. The second-order valence-electron chi connectivity index (χ2n) is 4.74. The number of rotatable bonds is 7. The topological polar surface area (TPSA) is 121 Å². The number of carbonyl (C=O) groups excluding carboxylic acids is 2. The zero-order chi connectivity index (χ0) is 17.8. The Bertz CT molecular complexity index is 659. The van der Waals surface area contributed by atoms with Crippen molar-refractivity contribution in [1.82, 2.24) is 5.32 Å². The lowest BCUT2D eigenvalue weighted by molar-refractivity contribution is -0.161. The van der Waals surface area contributed by atoms with E-state index in [1.165, 1.54) is 18.2 Å². The summed E-state index contributed by atoms with van der Waals surface area (Å²) < 4.78 is 0. The van der Waals surface area contributed by atoms with E-state index in [2.05, 4.69) is 0 Å². The van der Waals surface area contributed by atoms with Crippen molar-refractivity contribution >= 4 is 46.8 Å². The first-order chi connectivity index (χ1) is 10.6. The first-order valence-corrected chi connectivity index (χ1v) is 7.09. The van der Waals surface area contributed by atoms with Crippen molar-refractivity contribution in [3.05, 3.63) is 33.8 Å². The Morgan fingerprint density at radius 3 is 2.13 bits per heavy atom. The smallest absolute Gasteiger partial charge is 0.341 e. The van der Waals surface area contributed by atoms with E-state index in [4.69, 9.17) is 33.4 Å². The first-order valence-electron chi connectivity index (χ1n) is 6.34. The fourth-order valence-corrected chi connectivity index (χ4v) is 2.44. The Labute approximate surface area is 141 Å². The number of hydrogen-bond donors (Lipinski definition) is 3. The number of carboxylic acid groups (broad SMARTS) is 2. The average Bonchev–Trinajstić information content (AvgIpc) is 2.41. The zero-order valence-electron chi connectivity index (χ0n) is 11.9. The largest absolute Gasteiger partial charge is 0.479 e. The Balaban J connectivity index is 3.02. The molecule has 1 rings (SSSR count). The molecule has 0 aliphatic heterocycles. The molecule has 0 fully saturated rings. The number of hydrogen-bond acceptors (Lipinski definition) is 4. The van der Waals surface area contributed by atoms with Gasteiger partial charge in [0.1, 0.15) is 0 Å². The normalized spacial score (nSPS) is 10.9. The van der Waals surface area contributed by atoms with Gasteiger partial charge in [-0.1, -0.05) is 23.2 Å². The SMILES string of the molecule is CC(=O)NC(CCC(=O)c1ccc(Cl)cc1Cl)(C(=O)O)C(=O)O. The Morgan fingerprint density at radius 2 is 1.70 bits per heavy atom. The molecule has 0 atom stereocenters. The number of carboxylic acids is 2. The van der Waals surface area contributed by atoms with Gasteiger partial charge in [-0.2, -0.15) is 0 Å². The van der Waals surface area contributed by atoms with E-state index in [1.54, 1.807) is 0 Å². The minimum Gasteiger partial charge on any atom is -0.479 e. The van der Waals surface area contributed by atoms with Gasteiger partial charge in [-0.15, -0.1) is 0 Å². The zero-order valence-corrected chi connectivity index (χ0v) is 13.4. The third kappa shape index (κ3) is 4.43. The highest BCUT2D eigenvalue weighted by Gasteiger charge is 2.47. The van der Waals surface area contributed by atoms with E-state index in [0.29, 0.717) is 5.02 Å². The van der Waals surface area contributed by atoms with E-state index >= 15 is 0 Å². The molecular formula is C14H13Cl2NO6. The van der Waals surface area contributed by atoms with E-state index in [1.807, 2.05) is 5.32 Å². The van der Waals surface area contributed by atoms with Crippen LogP contribution in [0.4, 0.5) is 0 Å². The molecule has 0 spiro atoms. The lowest BCUT2D eigenvalue weighted by atomic mass is 9.90. The monoisotopic (exact) mass is 361 g/mol. The summed E-state index contributed by atoms with van der Waals surface area (Å²) in [5.74, 6) is -4.94. The Kier molecular flexibility index (Phi) is 6.12. The molecule has 9 heteroatoms. The number of aliphatic carboxylic acids is 2. The van der Waals surface area contributed by atoms with Gasteiger partial charge in [0.2, 0.25) is 11.4 Å². The summed E-state index contributed by atoms with van der Waals surface area (Å²) in [5.41, 5.74) is -2.50. The van der Waals surface area contributed by atoms with Crippen molar-refractivity contribution in [2.45, 2.75) is 25.3 Å². The van der Waals surface area contributed by atoms with Crippen molar-refractivity contribution in [3.63, 3.8) is 0 Å².